The first-order valence-electron chi connectivity index (χ1n) is 5.86. The molecular formula is C13H18F3NS. The number of rotatable bonds is 5. The van der Waals surface area contributed by atoms with Crippen LogP contribution in [-0.2, 0) is 6.42 Å². The van der Waals surface area contributed by atoms with Crippen molar-refractivity contribution in [2.24, 2.45) is 11.7 Å². The molecule has 0 heterocycles. The minimum Gasteiger partial charge on any atom is -0.327 e. The maximum atomic E-state index is 12.1. The molecule has 0 aliphatic rings. The van der Waals surface area contributed by atoms with Gasteiger partial charge in [0.05, 0.1) is 0 Å². The average Bonchev–Trinajstić information content (AvgIpc) is 2.17. The lowest BCUT2D eigenvalue weighted by atomic mass is 9.98. The first-order chi connectivity index (χ1) is 8.26. The first-order valence-corrected chi connectivity index (χ1v) is 6.68. The van der Waals surface area contributed by atoms with Crippen molar-refractivity contribution in [1.29, 1.82) is 0 Å². The molecule has 1 unspecified atom stereocenters. The van der Waals surface area contributed by atoms with Crippen molar-refractivity contribution in [2.75, 3.05) is 0 Å². The summed E-state index contributed by atoms with van der Waals surface area (Å²) in [6.07, 6.45) is 1.62. The van der Waals surface area contributed by atoms with Crippen LogP contribution in [0.1, 0.15) is 25.8 Å². The molecule has 0 aliphatic heterocycles. The zero-order valence-corrected chi connectivity index (χ0v) is 11.3. The lowest BCUT2D eigenvalue weighted by Crippen LogP contribution is -2.24. The number of hydrogen-bond donors (Lipinski definition) is 1. The van der Waals surface area contributed by atoms with Gasteiger partial charge in [0.15, 0.2) is 0 Å². The van der Waals surface area contributed by atoms with E-state index >= 15 is 0 Å². The van der Waals surface area contributed by atoms with Gasteiger partial charge in [0, 0.05) is 10.9 Å². The zero-order valence-electron chi connectivity index (χ0n) is 10.5. The molecule has 1 aromatic rings. The molecule has 0 aliphatic carbocycles. The van der Waals surface area contributed by atoms with Crippen molar-refractivity contribution in [3.63, 3.8) is 0 Å². The topological polar surface area (TPSA) is 26.0 Å². The molecule has 5 heteroatoms. The molecule has 0 aromatic heterocycles. The van der Waals surface area contributed by atoms with E-state index in [1.807, 2.05) is 0 Å². The molecule has 18 heavy (non-hydrogen) atoms. The van der Waals surface area contributed by atoms with E-state index in [9.17, 15) is 13.2 Å². The van der Waals surface area contributed by atoms with Gasteiger partial charge in [-0.2, -0.15) is 13.2 Å². The van der Waals surface area contributed by atoms with Gasteiger partial charge in [-0.25, -0.2) is 0 Å². The van der Waals surface area contributed by atoms with Crippen LogP contribution < -0.4 is 5.73 Å². The van der Waals surface area contributed by atoms with E-state index in [0.29, 0.717) is 12.3 Å². The van der Waals surface area contributed by atoms with Gasteiger partial charge >= 0.3 is 5.51 Å². The second kappa shape index (κ2) is 6.48. The normalized spacial score (nSPS) is 13.9. The molecule has 1 rings (SSSR count). The summed E-state index contributed by atoms with van der Waals surface area (Å²) in [5.74, 6) is 0.528. The minimum atomic E-state index is -4.23. The Morgan fingerprint density at radius 2 is 1.72 bits per heavy atom. The van der Waals surface area contributed by atoms with Gasteiger partial charge in [-0.3, -0.25) is 0 Å². The van der Waals surface area contributed by atoms with Crippen LogP contribution in [-0.4, -0.2) is 11.6 Å². The number of nitrogens with two attached hydrogens (primary N) is 1. The van der Waals surface area contributed by atoms with Gasteiger partial charge in [-0.15, -0.1) is 0 Å². The number of halogens is 3. The Labute approximate surface area is 110 Å². The van der Waals surface area contributed by atoms with E-state index in [-0.39, 0.29) is 22.7 Å². The molecule has 1 atom stereocenters. The summed E-state index contributed by atoms with van der Waals surface area (Å²) in [4.78, 5) is 0.212. The Bertz CT molecular complexity index is 359. The molecule has 2 N–H and O–H groups in total. The highest BCUT2D eigenvalue weighted by atomic mass is 32.2. The second-order valence-corrected chi connectivity index (χ2v) is 5.92. The summed E-state index contributed by atoms with van der Waals surface area (Å²) in [6.45, 7) is 4.20. The molecule has 0 amide bonds. The van der Waals surface area contributed by atoms with Crippen LogP contribution in [0.2, 0.25) is 0 Å². The maximum absolute atomic E-state index is 12.1. The van der Waals surface area contributed by atoms with Crippen molar-refractivity contribution < 1.29 is 13.2 Å². The van der Waals surface area contributed by atoms with Crippen molar-refractivity contribution in [3.8, 4) is 0 Å². The summed E-state index contributed by atoms with van der Waals surface area (Å²) in [7, 11) is 0. The summed E-state index contributed by atoms with van der Waals surface area (Å²) < 4.78 is 36.4. The van der Waals surface area contributed by atoms with Gasteiger partial charge in [-0.1, -0.05) is 26.0 Å². The third-order valence-corrected chi connectivity index (χ3v) is 3.17. The quantitative estimate of drug-likeness (QED) is 0.816. The highest BCUT2D eigenvalue weighted by molar-refractivity contribution is 8.00. The highest BCUT2D eigenvalue weighted by Crippen LogP contribution is 2.36. The van der Waals surface area contributed by atoms with Crippen molar-refractivity contribution in [3.05, 3.63) is 29.8 Å². The Morgan fingerprint density at radius 1 is 1.17 bits per heavy atom. The number of thioether (sulfide) groups is 1. The zero-order chi connectivity index (χ0) is 13.8. The molecule has 0 spiro atoms. The Balaban J connectivity index is 2.55. The van der Waals surface area contributed by atoms with Crippen LogP contribution in [0.3, 0.4) is 0 Å². The van der Waals surface area contributed by atoms with Crippen LogP contribution in [0, 0.1) is 5.92 Å². The van der Waals surface area contributed by atoms with E-state index in [2.05, 4.69) is 13.8 Å². The molecule has 0 bridgehead atoms. The number of benzene rings is 1. The van der Waals surface area contributed by atoms with Gasteiger partial charge in [0.2, 0.25) is 0 Å². The summed E-state index contributed by atoms with van der Waals surface area (Å²) in [5, 5.41) is 0. The van der Waals surface area contributed by atoms with Crippen molar-refractivity contribution in [2.45, 2.75) is 43.1 Å². The average molecular weight is 277 g/mol. The molecule has 0 saturated heterocycles. The Kier molecular flexibility index (Phi) is 5.53. The second-order valence-electron chi connectivity index (χ2n) is 4.79. The van der Waals surface area contributed by atoms with Gasteiger partial charge in [0.25, 0.3) is 0 Å². The molecule has 1 aromatic carbocycles. The van der Waals surface area contributed by atoms with Crippen LogP contribution in [0.5, 0.6) is 0 Å². The first kappa shape index (κ1) is 15.4. The van der Waals surface area contributed by atoms with E-state index < -0.39 is 5.51 Å². The Hall–Kier alpha value is -0.680. The summed E-state index contributed by atoms with van der Waals surface area (Å²) >= 11 is -0.0923. The van der Waals surface area contributed by atoms with Crippen LogP contribution in [0.4, 0.5) is 13.2 Å². The largest absolute Gasteiger partial charge is 0.446 e. The van der Waals surface area contributed by atoms with Crippen LogP contribution >= 0.6 is 11.8 Å². The monoisotopic (exact) mass is 277 g/mol. The molecule has 102 valence electrons. The molecular weight excluding hydrogens is 259 g/mol. The van der Waals surface area contributed by atoms with Crippen molar-refractivity contribution >= 4 is 11.8 Å². The fourth-order valence-corrected chi connectivity index (χ4v) is 2.36. The summed E-state index contributed by atoms with van der Waals surface area (Å²) in [5.41, 5.74) is 2.72. The van der Waals surface area contributed by atoms with Crippen molar-refractivity contribution in [1.82, 2.24) is 0 Å². The standard InChI is InChI=1S/C13H18F3NS/c1-9(2)7-11(17)8-10-3-5-12(6-4-10)18-13(14,15)16/h3-6,9,11H,7-8,17H2,1-2H3. The molecule has 0 saturated carbocycles. The summed E-state index contributed by atoms with van der Waals surface area (Å²) in [6, 6.07) is 6.49. The predicted molar refractivity (Wildman–Crippen MR) is 69.5 cm³/mol. The van der Waals surface area contributed by atoms with E-state index in [4.69, 9.17) is 5.73 Å². The smallest absolute Gasteiger partial charge is 0.327 e. The van der Waals surface area contributed by atoms with E-state index in [0.717, 1.165) is 12.0 Å². The Morgan fingerprint density at radius 3 is 2.17 bits per heavy atom. The van der Waals surface area contributed by atoms with E-state index in [1.54, 1.807) is 12.1 Å². The lowest BCUT2D eigenvalue weighted by Gasteiger charge is -2.14. The maximum Gasteiger partial charge on any atom is 0.446 e. The lowest BCUT2D eigenvalue weighted by molar-refractivity contribution is -0.0328. The molecule has 0 radical (unpaired) electrons. The molecule has 0 fully saturated rings. The number of hydrogen-bond acceptors (Lipinski definition) is 2. The fourth-order valence-electron chi connectivity index (χ4n) is 1.82. The third-order valence-electron chi connectivity index (χ3n) is 2.43. The molecule has 1 nitrogen and oxygen atoms in total. The highest BCUT2D eigenvalue weighted by Gasteiger charge is 2.28. The predicted octanol–water partition coefficient (Wildman–Crippen LogP) is 4.21. The van der Waals surface area contributed by atoms with E-state index in [1.165, 1.54) is 12.1 Å². The number of alkyl halides is 3. The van der Waals surface area contributed by atoms with Gasteiger partial charge in [-0.05, 0) is 48.2 Å². The minimum absolute atomic E-state index is 0.0612. The van der Waals surface area contributed by atoms with Gasteiger partial charge < -0.3 is 5.73 Å². The van der Waals surface area contributed by atoms with Gasteiger partial charge in [0.1, 0.15) is 0 Å². The third kappa shape index (κ3) is 6.31. The fraction of sp³-hybridized carbons (Fsp3) is 0.538. The van der Waals surface area contributed by atoms with Crippen LogP contribution in [0.25, 0.3) is 0 Å². The van der Waals surface area contributed by atoms with Crippen LogP contribution in [0.15, 0.2) is 29.2 Å². The SMILES string of the molecule is CC(C)CC(N)Cc1ccc(SC(F)(F)F)cc1.